The summed E-state index contributed by atoms with van der Waals surface area (Å²) in [6.07, 6.45) is 1.83. The van der Waals surface area contributed by atoms with Crippen molar-refractivity contribution in [2.45, 2.75) is 6.54 Å². The molecule has 2 aromatic carbocycles. The van der Waals surface area contributed by atoms with Gasteiger partial charge >= 0.3 is 0 Å². The van der Waals surface area contributed by atoms with Gasteiger partial charge in [0.15, 0.2) is 0 Å². The maximum Gasteiger partial charge on any atom is 0.134 e. The zero-order valence-corrected chi connectivity index (χ0v) is 10.5. The first-order valence-corrected chi connectivity index (χ1v) is 6.25. The standard InChI is InChI=1S/C16H15N3/c17-14-7-5-12(6-8-14)11-19-16-15-4-2-1-3-13(15)9-10-18-16/h1-10H,11,17H2,(H,18,19). The van der Waals surface area contributed by atoms with Crippen LogP contribution >= 0.6 is 0 Å². The molecule has 0 unspecified atom stereocenters. The van der Waals surface area contributed by atoms with E-state index < -0.39 is 0 Å². The molecule has 0 aliphatic carbocycles. The van der Waals surface area contributed by atoms with Gasteiger partial charge in [0.1, 0.15) is 5.82 Å². The molecule has 3 aromatic rings. The summed E-state index contributed by atoms with van der Waals surface area (Å²) in [6, 6.07) is 18.1. The monoisotopic (exact) mass is 249 g/mol. The van der Waals surface area contributed by atoms with Crippen LogP contribution in [0, 0.1) is 0 Å². The van der Waals surface area contributed by atoms with Crippen LogP contribution < -0.4 is 11.1 Å². The Morgan fingerprint density at radius 3 is 2.58 bits per heavy atom. The number of anilines is 2. The molecule has 3 nitrogen and oxygen atoms in total. The molecule has 0 aliphatic heterocycles. The predicted molar refractivity (Wildman–Crippen MR) is 79.9 cm³/mol. The van der Waals surface area contributed by atoms with E-state index in [0.29, 0.717) is 0 Å². The minimum atomic E-state index is 0.737. The van der Waals surface area contributed by atoms with Gasteiger partial charge in [0, 0.05) is 23.8 Å². The van der Waals surface area contributed by atoms with Crippen LogP contribution in [-0.4, -0.2) is 4.98 Å². The topological polar surface area (TPSA) is 50.9 Å². The van der Waals surface area contributed by atoms with Gasteiger partial charge in [-0.2, -0.15) is 0 Å². The summed E-state index contributed by atoms with van der Waals surface area (Å²) < 4.78 is 0. The number of hydrogen-bond donors (Lipinski definition) is 2. The van der Waals surface area contributed by atoms with Gasteiger partial charge in [0.2, 0.25) is 0 Å². The smallest absolute Gasteiger partial charge is 0.134 e. The Kier molecular flexibility index (Phi) is 3.02. The molecular formula is C16H15N3. The maximum absolute atomic E-state index is 5.68. The van der Waals surface area contributed by atoms with Crippen molar-refractivity contribution >= 4 is 22.3 Å². The lowest BCUT2D eigenvalue weighted by Gasteiger charge is -2.08. The molecule has 19 heavy (non-hydrogen) atoms. The van der Waals surface area contributed by atoms with Crippen molar-refractivity contribution in [3.8, 4) is 0 Å². The number of nitrogens with two attached hydrogens (primary N) is 1. The second-order valence-electron chi connectivity index (χ2n) is 4.48. The minimum Gasteiger partial charge on any atom is -0.399 e. The van der Waals surface area contributed by atoms with Gasteiger partial charge in [0.05, 0.1) is 0 Å². The van der Waals surface area contributed by atoms with Gasteiger partial charge in [-0.25, -0.2) is 4.98 Å². The molecule has 0 amide bonds. The van der Waals surface area contributed by atoms with Crippen LogP contribution in [0.15, 0.2) is 60.8 Å². The molecule has 94 valence electrons. The molecule has 0 spiro atoms. The van der Waals surface area contributed by atoms with Crippen molar-refractivity contribution in [1.82, 2.24) is 4.98 Å². The minimum absolute atomic E-state index is 0.737. The molecule has 0 bridgehead atoms. The largest absolute Gasteiger partial charge is 0.399 e. The van der Waals surface area contributed by atoms with Crippen molar-refractivity contribution in [3.63, 3.8) is 0 Å². The number of fused-ring (bicyclic) bond motifs is 1. The first kappa shape index (κ1) is 11.5. The van der Waals surface area contributed by atoms with E-state index in [1.54, 1.807) is 0 Å². The molecular weight excluding hydrogens is 234 g/mol. The number of nitrogens with zero attached hydrogens (tertiary/aromatic N) is 1. The highest BCUT2D eigenvalue weighted by molar-refractivity contribution is 5.91. The van der Waals surface area contributed by atoms with Crippen LogP contribution in [0.3, 0.4) is 0 Å². The first-order chi connectivity index (χ1) is 9.33. The number of rotatable bonds is 3. The summed E-state index contributed by atoms with van der Waals surface area (Å²) in [5.41, 5.74) is 7.64. The van der Waals surface area contributed by atoms with Crippen molar-refractivity contribution in [3.05, 3.63) is 66.4 Å². The van der Waals surface area contributed by atoms with Gasteiger partial charge < -0.3 is 11.1 Å². The molecule has 0 saturated heterocycles. The summed E-state index contributed by atoms with van der Waals surface area (Å²) in [5, 5.41) is 5.70. The Bertz CT molecular complexity index is 684. The Morgan fingerprint density at radius 1 is 0.947 bits per heavy atom. The quantitative estimate of drug-likeness (QED) is 0.699. The second-order valence-corrected chi connectivity index (χ2v) is 4.48. The number of benzene rings is 2. The lowest BCUT2D eigenvalue weighted by molar-refractivity contribution is 1.12. The van der Waals surface area contributed by atoms with E-state index in [-0.39, 0.29) is 0 Å². The fourth-order valence-corrected chi connectivity index (χ4v) is 2.08. The maximum atomic E-state index is 5.68. The Labute approximate surface area is 112 Å². The molecule has 0 fully saturated rings. The highest BCUT2D eigenvalue weighted by Gasteiger charge is 2.01. The van der Waals surface area contributed by atoms with Gasteiger partial charge in [-0.15, -0.1) is 0 Å². The third-order valence-corrected chi connectivity index (χ3v) is 3.11. The van der Waals surface area contributed by atoms with Crippen LogP contribution in [0.2, 0.25) is 0 Å². The summed E-state index contributed by atoms with van der Waals surface area (Å²) in [5.74, 6) is 0.912. The molecule has 0 radical (unpaired) electrons. The van der Waals surface area contributed by atoms with Crippen molar-refractivity contribution in [2.75, 3.05) is 11.1 Å². The van der Waals surface area contributed by atoms with E-state index in [2.05, 4.69) is 22.4 Å². The zero-order valence-electron chi connectivity index (χ0n) is 10.5. The molecule has 3 N–H and O–H groups in total. The van der Waals surface area contributed by atoms with Crippen LogP contribution in [-0.2, 0) is 6.54 Å². The highest BCUT2D eigenvalue weighted by atomic mass is 15.0. The summed E-state index contributed by atoms with van der Waals surface area (Å²) in [4.78, 5) is 4.40. The van der Waals surface area contributed by atoms with E-state index in [1.807, 2.05) is 48.7 Å². The first-order valence-electron chi connectivity index (χ1n) is 6.25. The van der Waals surface area contributed by atoms with Crippen molar-refractivity contribution < 1.29 is 0 Å². The number of hydrogen-bond acceptors (Lipinski definition) is 3. The van der Waals surface area contributed by atoms with Crippen LogP contribution in [0.25, 0.3) is 10.8 Å². The van der Waals surface area contributed by atoms with Crippen LogP contribution in [0.4, 0.5) is 11.5 Å². The number of aromatic nitrogens is 1. The van der Waals surface area contributed by atoms with E-state index >= 15 is 0 Å². The molecule has 3 rings (SSSR count). The normalized spacial score (nSPS) is 10.5. The third kappa shape index (κ3) is 2.50. The summed E-state index contributed by atoms with van der Waals surface area (Å²) in [6.45, 7) is 0.737. The molecule has 0 atom stereocenters. The lowest BCUT2D eigenvalue weighted by atomic mass is 10.1. The number of nitrogens with one attached hydrogen (secondary N) is 1. The SMILES string of the molecule is Nc1ccc(CNc2nccc3ccccc23)cc1. The summed E-state index contributed by atoms with van der Waals surface area (Å²) >= 11 is 0. The zero-order chi connectivity index (χ0) is 13.1. The van der Waals surface area contributed by atoms with E-state index in [4.69, 9.17) is 5.73 Å². The number of pyridine rings is 1. The van der Waals surface area contributed by atoms with Crippen molar-refractivity contribution in [1.29, 1.82) is 0 Å². The predicted octanol–water partition coefficient (Wildman–Crippen LogP) is 3.43. The average molecular weight is 249 g/mol. The van der Waals surface area contributed by atoms with E-state index in [9.17, 15) is 0 Å². The molecule has 3 heteroatoms. The molecule has 0 aliphatic rings. The van der Waals surface area contributed by atoms with Crippen molar-refractivity contribution in [2.24, 2.45) is 0 Å². The Hall–Kier alpha value is -2.55. The van der Waals surface area contributed by atoms with Gasteiger partial charge in [-0.05, 0) is 29.1 Å². The van der Waals surface area contributed by atoms with Crippen LogP contribution in [0.5, 0.6) is 0 Å². The summed E-state index contributed by atoms with van der Waals surface area (Å²) in [7, 11) is 0. The molecule has 0 saturated carbocycles. The van der Waals surface area contributed by atoms with Gasteiger partial charge in [0.25, 0.3) is 0 Å². The Morgan fingerprint density at radius 2 is 1.74 bits per heavy atom. The average Bonchev–Trinajstić information content (AvgIpc) is 2.47. The fraction of sp³-hybridized carbons (Fsp3) is 0.0625. The molecule has 1 heterocycles. The lowest BCUT2D eigenvalue weighted by Crippen LogP contribution is -2.01. The number of nitrogen functional groups attached to an aromatic ring is 1. The van der Waals surface area contributed by atoms with Gasteiger partial charge in [-0.1, -0.05) is 36.4 Å². The van der Waals surface area contributed by atoms with E-state index in [0.717, 1.165) is 23.4 Å². The van der Waals surface area contributed by atoms with Gasteiger partial charge in [-0.3, -0.25) is 0 Å². The second kappa shape index (κ2) is 4.98. The highest BCUT2D eigenvalue weighted by Crippen LogP contribution is 2.20. The molecule has 1 aromatic heterocycles. The van der Waals surface area contributed by atoms with Crippen LogP contribution in [0.1, 0.15) is 5.56 Å². The third-order valence-electron chi connectivity index (χ3n) is 3.11. The fourth-order valence-electron chi connectivity index (χ4n) is 2.08. The Balaban J connectivity index is 1.84. The van der Waals surface area contributed by atoms with E-state index in [1.165, 1.54) is 10.9 Å².